The summed E-state index contributed by atoms with van der Waals surface area (Å²) in [5.41, 5.74) is 3.49. The largest absolute Gasteiger partial charge is 0.506 e. The van der Waals surface area contributed by atoms with Gasteiger partial charge < -0.3 is 14.7 Å². The zero-order chi connectivity index (χ0) is 17.2. The molecule has 1 aromatic rings. The molecule has 7 rings (SSSR count). The van der Waals surface area contributed by atoms with Crippen LogP contribution in [-0.2, 0) is 14.9 Å². The molecule has 1 N–H and O–H groups in total. The van der Waals surface area contributed by atoms with Crippen molar-refractivity contribution in [2.45, 2.75) is 42.9 Å². The number of piperidine rings is 2. The summed E-state index contributed by atoms with van der Waals surface area (Å²) in [5, 5.41) is 10.7. The SMILES string of the molecule is O=C1C[C@@H]2OCC=C3CN4CCC56c7cccc(O)c7N1[C@H]5[C@H]2[C@H]3C[C@H]46. The van der Waals surface area contributed by atoms with Gasteiger partial charge in [-0.05, 0) is 36.9 Å². The second kappa shape index (κ2) is 4.34. The van der Waals surface area contributed by atoms with Crippen LogP contribution in [-0.4, -0.2) is 53.8 Å². The Balaban J connectivity index is 1.56. The molecule has 1 saturated carbocycles. The Morgan fingerprint density at radius 1 is 1.31 bits per heavy atom. The van der Waals surface area contributed by atoms with Crippen LogP contribution in [0.15, 0.2) is 29.8 Å². The van der Waals surface area contributed by atoms with E-state index in [1.807, 2.05) is 11.0 Å². The van der Waals surface area contributed by atoms with Crippen LogP contribution < -0.4 is 4.90 Å². The predicted molar refractivity (Wildman–Crippen MR) is 95.1 cm³/mol. The van der Waals surface area contributed by atoms with Crippen LogP contribution in [0.2, 0.25) is 0 Å². The van der Waals surface area contributed by atoms with E-state index in [1.54, 1.807) is 6.07 Å². The summed E-state index contributed by atoms with van der Waals surface area (Å²) < 4.78 is 6.22. The van der Waals surface area contributed by atoms with E-state index in [2.05, 4.69) is 17.0 Å². The number of phenolic OH excluding ortho intramolecular Hbond substituents is 1. The molecule has 5 heterocycles. The van der Waals surface area contributed by atoms with E-state index < -0.39 is 0 Å². The van der Waals surface area contributed by atoms with Crippen LogP contribution in [0.5, 0.6) is 5.75 Å². The van der Waals surface area contributed by atoms with E-state index in [0.717, 1.165) is 25.2 Å². The summed E-state index contributed by atoms with van der Waals surface area (Å²) in [6.07, 6.45) is 5.00. The Labute approximate surface area is 152 Å². The van der Waals surface area contributed by atoms with Crippen molar-refractivity contribution < 1.29 is 14.6 Å². The Morgan fingerprint density at radius 2 is 2.23 bits per heavy atom. The molecule has 4 fully saturated rings. The number of para-hydroxylation sites is 1. The maximum Gasteiger partial charge on any atom is 0.230 e. The molecule has 2 bridgehead atoms. The maximum absolute atomic E-state index is 13.2. The van der Waals surface area contributed by atoms with Gasteiger partial charge in [0.15, 0.2) is 0 Å². The second-order valence-corrected chi connectivity index (χ2v) is 8.93. The molecule has 134 valence electrons. The van der Waals surface area contributed by atoms with Crippen LogP contribution in [0.1, 0.15) is 24.8 Å². The average molecular weight is 350 g/mol. The van der Waals surface area contributed by atoms with Gasteiger partial charge in [-0.1, -0.05) is 23.8 Å². The highest BCUT2D eigenvalue weighted by Gasteiger charge is 2.71. The van der Waals surface area contributed by atoms with Crippen LogP contribution in [0, 0.1) is 11.8 Å². The fourth-order valence-corrected chi connectivity index (χ4v) is 7.57. The van der Waals surface area contributed by atoms with E-state index in [1.165, 1.54) is 17.6 Å². The molecule has 3 saturated heterocycles. The summed E-state index contributed by atoms with van der Waals surface area (Å²) >= 11 is 0. The first-order valence-corrected chi connectivity index (χ1v) is 9.89. The molecule has 1 unspecified atom stereocenters. The van der Waals surface area contributed by atoms with Crippen molar-refractivity contribution in [1.82, 2.24) is 4.90 Å². The number of fused-ring (bicyclic) bond motifs is 2. The molecule has 5 nitrogen and oxygen atoms in total. The number of anilines is 1. The van der Waals surface area contributed by atoms with Gasteiger partial charge in [0, 0.05) is 23.9 Å². The topological polar surface area (TPSA) is 53.0 Å². The first-order valence-electron chi connectivity index (χ1n) is 9.89. The van der Waals surface area contributed by atoms with Gasteiger partial charge in [-0.2, -0.15) is 0 Å². The Kier molecular flexibility index (Phi) is 2.38. The number of carbonyl (C=O) groups excluding carboxylic acids is 1. The molecule has 1 amide bonds. The predicted octanol–water partition coefficient (Wildman–Crippen LogP) is 1.80. The monoisotopic (exact) mass is 350 g/mol. The Hall–Kier alpha value is -1.85. The standard InChI is InChI=1S/C21H22N2O3/c24-14-3-1-2-13-19(14)23-17(25)9-15-18-12-8-16-21(13,20(18)23)5-6-22(16)10-11(12)4-7-26-15/h1-4,12,15-16,18,20,24H,5-10H2/t12-,15-,16-,18-,20-,21?/m0/s1. The average Bonchev–Trinajstić information content (AvgIpc) is 3.10. The number of rotatable bonds is 0. The van der Waals surface area contributed by atoms with E-state index in [4.69, 9.17) is 4.74 Å². The zero-order valence-corrected chi connectivity index (χ0v) is 14.6. The van der Waals surface area contributed by atoms with Crippen molar-refractivity contribution in [3.05, 3.63) is 35.4 Å². The minimum Gasteiger partial charge on any atom is -0.506 e. The molecule has 6 aliphatic rings. The van der Waals surface area contributed by atoms with Gasteiger partial charge in [0.05, 0.1) is 30.9 Å². The Bertz CT molecular complexity index is 895. The van der Waals surface area contributed by atoms with Crippen LogP contribution in [0.4, 0.5) is 5.69 Å². The lowest BCUT2D eigenvalue weighted by molar-refractivity contribution is -0.132. The van der Waals surface area contributed by atoms with E-state index in [0.29, 0.717) is 30.9 Å². The fraction of sp³-hybridized carbons (Fsp3) is 0.571. The second-order valence-electron chi connectivity index (χ2n) is 8.93. The summed E-state index contributed by atoms with van der Waals surface area (Å²) in [7, 11) is 0. The van der Waals surface area contributed by atoms with E-state index in [9.17, 15) is 9.90 Å². The molecular weight excluding hydrogens is 328 g/mol. The first-order chi connectivity index (χ1) is 12.7. The van der Waals surface area contributed by atoms with Crippen molar-refractivity contribution in [2.75, 3.05) is 24.6 Å². The fourth-order valence-electron chi connectivity index (χ4n) is 7.57. The van der Waals surface area contributed by atoms with Gasteiger partial charge in [0.25, 0.3) is 0 Å². The molecule has 5 aliphatic heterocycles. The summed E-state index contributed by atoms with van der Waals surface area (Å²) in [5.74, 6) is 1.26. The highest BCUT2D eigenvalue weighted by molar-refractivity contribution is 6.00. The van der Waals surface area contributed by atoms with Gasteiger partial charge >= 0.3 is 0 Å². The zero-order valence-electron chi connectivity index (χ0n) is 14.6. The number of benzene rings is 1. The van der Waals surface area contributed by atoms with Crippen molar-refractivity contribution in [2.24, 2.45) is 11.8 Å². The number of ether oxygens (including phenoxy) is 1. The number of carbonyl (C=O) groups is 1. The first kappa shape index (κ1) is 14.2. The lowest BCUT2D eigenvalue weighted by Crippen LogP contribution is -2.69. The number of hydrogen-bond donors (Lipinski definition) is 1. The van der Waals surface area contributed by atoms with Crippen LogP contribution >= 0.6 is 0 Å². The summed E-state index contributed by atoms with van der Waals surface area (Å²) in [4.78, 5) is 17.8. The van der Waals surface area contributed by atoms with Gasteiger partial charge in [0.2, 0.25) is 5.91 Å². The van der Waals surface area contributed by atoms with Gasteiger partial charge in [-0.15, -0.1) is 0 Å². The number of amides is 1. The highest BCUT2D eigenvalue weighted by Crippen LogP contribution is 2.66. The van der Waals surface area contributed by atoms with E-state index >= 15 is 0 Å². The third-order valence-electron chi connectivity index (χ3n) is 8.31. The minimum absolute atomic E-state index is 0.0175. The molecule has 1 aliphatic carbocycles. The van der Waals surface area contributed by atoms with E-state index in [-0.39, 0.29) is 29.2 Å². The van der Waals surface area contributed by atoms with Crippen molar-refractivity contribution in [3.8, 4) is 5.75 Å². The molecular formula is C21H22N2O3. The molecule has 1 spiro atoms. The molecule has 5 heteroatoms. The third kappa shape index (κ3) is 1.34. The van der Waals surface area contributed by atoms with Crippen LogP contribution in [0.25, 0.3) is 0 Å². The number of hydrogen-bond acceptors (Lipinski definition) is 4. The quantitative estimate of drug-likeness (QED) is 0.725. The summed E-state index contributed by atoms with van der Waals surface area (Å²) in [6, 6.07) is 6.46. The maximum atomic E-state index is 13.2. The van der Waals surface area contributed by atoms with Crippen molar-refractivity contribution >= 4 is 11.6 Å². The number of aromatic hydroxyl groups is 1. The molecule has 6 atom stereocenters. The minimum atomic E-state index is -0.0389. The van der Waals surface area contributed by atoms with Gasteiger partial charge in [0.1, 0.15) is 5.75 Å². The van der Waals surface area contributed by atoms with Crippen LogP contribution in [0.3, 0.4) is 0 Å². The summed E-state index contributed by atoms with van der Waals surface area (Å²) in [6.45, 7) is 2.77. The molecule has 0 aromatic heterocycles. The lowest BCUT2D eigenvalue weighted by Gasteiger charge is -2.58. The van der Waals surface area contributed by atoms with Gasteiger partial charge in [-0.25, -0.2) is 0 Å². The number of nitrogens with zero attached hydrogens (tertiary/aromatic N) is 2. The normalized spacial score (nSPS) is 44.6. The molecule has 0 radical (unpaired) electrons. The lowest BCUT2D eigenvalue weighted by atomic mass is 9.53. The molecule has 1 aromatic carbocycles. The van der Waals surface area contributed by atoms with Gasteiger partial charge in [-0.3, -0.25) is 9.69 Å². The number of phenols is 1. The molecule has 26 heavy (non-hydrogen) atoms. The van der Waals surface area contributed by atoms with Crippen molar-refractivity contribution in [3.63, 3.8) is 0 Å². The highest BCUT2D eigenvalue weighted by atomic mass is 16.5. The Morgan fingerprint density at radius 3 is 3.15 bits per heavy atom. The smallest absolute Gasteiger partial charge is 0.230 e. The van der Waals surface area contributed by atoms with Crippen molar-refractivity contribution in [1.29, 1.82) is 0 Å². The third-order valence-corrected chi connectivity index (χ3v) is 8.31.